The fourth-order valence-electron chi connectivity index (χ4n) is 4.61. The van der Waals surface area contributed by atoms with E-state index in [9.17, 15) is 0 Å². The van der Waals surface area contributed by atoms with Crippen LogP contribution in [0, 0.1) is 0 Å². The first-order valence-corrected chi connectivity index (χ1v) is 10.6. The molecule has 2 saturated heterocycles. The molecular weight excluding hydrogens is 276 g/mol. The van der Waals surface area contributed by atoms with Crippen molar-refractivity contribution in [2.45, 2.75) is 96.6 Å². The van der Waals surface area contributed by atoms with Crippen molar-refractivity contribution in [2.24, 2.45) is 0 Å². The molecule has 2 aliphatic rings. The number of ether oxygens (including phenoxy) is 1. The monoisotopic (exact) mass is 312 g/mol. The van der Waals surface area contributed by atoms with Crippen LogP contribution >= 0.6 is 0 Å². The standard InChI is InChI=1S/C17H36N2OSi/c1-13-7-5-8-14(2)18(13)17(11-20-12-21)19-15(3)9-6-10-16(19)4/h13-17H,5-12H2,1-4,21H3/t13-,14+,15-,16+. The van der Waals surface area contributed by atoms with E-state index in [1.54, 1.807) is 0 Å². The Hall–Kier alpha value is 0.0969. The molecule has 21 heavy (non-hydrogen) atoms. The first-order chi connectivity index (χ1) is 10.1. The molecule has 4 atom stereocenters. The minimum absolute atomic E-state index is 0.481. The second kappa shape index (κ2) is 8.09. The Balaban J connectivity index is 2.19. The van der Waals surface area contributed by atoms with Crippen LogP contribution in [0.4, 0.5) is 0 Å². The van der Waals surface area contributed by atoms with E-state index in [1.807, 2.05) is 0 Å². The highest BCUT2D eigenvalue weighted by Gasteiger charge is 2.39. The fraction of sp³-hybridized carbons (Fsp3) is 1.00. The second-order valence-electron chi connectivity index (χ2n) is 7.29. The molecule has 0 spiro atoms. The van der Waals surface area contributed by atoms with Crippen molar-refractivity contribution >= 4 is 10.2 Å². The van der Waals surface area contributed by atoms with Gasteiger partial charge < -0.3 is 4.74 Å². The molecule has 2 rings (SSSR count). The van der Waals surface area contributed by atoms with E-state index < -0.39 is 0 Å². The number of hydrogen-bond acceptors (Lipinski definition) is 3. The fourth-order valence-corrected chi connectivity index (χ4v) is 4.84. The van der Waals surface area contributed by atoms with Gasteiger partial charge in [0.05, 0.1) is 12.8 Å². The molecule has 2 fully saturated rings. The van der Waals surface area contributed by atoms with Crippen LogP contribution in [0.2, 0.25) is 0 Å². The zero-order valence-corrected chi connectivity index (χ0v) is 16.8. The summed E-state index contributed by atoms with van der Waals surface area (Å²) in [5, 5.41) is 0. The average Bonchev–Trinajstić information content (AvgIpc) is 2.43. The first-order valence-electron chi connectivity index (χ1n) is 9.18. The van der Waals surface area contributed by atoms with Gasteiger partial charge in [-0.05, 0) is 53.4 Å². The predicted molar refractivity (Wildman–Crippen MR) is 93.8 cm³/mol. The van der Waals surface area contributed by atoms with Crippen molar-refractivity contribution in [3.63, 3.8) is 0 Å². The molecule has 2 heterocycles. The van der Waals surface area contributed by atoms with Gasteiger partial charge >= 0.3 is 0 Å². The molecule has 0 aromatic heterocycles. The van der Waals surface area contributed by atoms with Crippen molar-refractivity contribution in [1.82, 2.24) is 9.80 Å². The van der Waals surface area contributed by atoms with Gasteiger partial charge in [0.25, 0.3) is 0 Å². The number of rotatable bonds is 5. The van der Waals surface area contributed by atoms with Gasteiger partial charge in [0.1, 0.15) is 0 Å². The second-order valence-corrected chi connectivity index (χ2v) is 7.87. The Morgan fingerprint density at radius 2 is 1.24 bits per heavy atom. The van der Waals surface area contributed by atoms with Crippen molar-refractivity contribution in [1.29, 1.82) is 0 Å². The Kier molecular flexibility index (Phi) is 6.72. The van der Waals surface area contributed by atoms with Crippen LogP contribution in [0.25, 0.3) is 0 Å². The summed E-state index contributed by atoms with van der Waals surface area (Å²) in [7, 11) is 1.14. The molecule has 0 N–H and O–H groups in total. The normalized spacial score (nSPS) is 36.4. The van der Waals surface area contributed by atoms with Gasteiger partial charge in [-0.1, -0.05) is 12.8 Å². The molecule has 0 saturated carbocycles. The highest BCUT2D eigenvalue weighted by Crippen LogP contribution is 2.32. The zero-order chi connectivity index (χ0) is 15.4. The maximum Gasteiger partial charge on any atom is 0.0872 e. The van der Waals surface area contributed by atoms with E-state index in [0.29, 0.717) is 30.3 Å². The molecule has 0 bridgehead atoms. The number of hydrogen-bond donors (Lipinski definition) is 0. The summed E-state index contributed by atoms with van der Waals surface area (Å²) in [6.45, 7) is 10.6. The molecule has 3 nitrogen and oxygen atoms in total. The molecule has 0 aromatic carbocycles. The van der Waals surface area contributed by atoms with Crippen LogP contribution in [0.15, 0.2) is 0 Å². The maximum absolute atomic E-state index is 5.97. The predicted octanol–water partition coefficient (Wildman–Crippen LogP) is 2.18. The van der Waals surface area contributed by atoms with Crippen molar-refractivity contribution in [3.8, 4) is 0 Å². The molecule has 124 valence electrons. The van der Waals surface area contributed by atoms with Crippen molar-refractivity contribution < 1.29 is 4.74 Å². The third-order valence-corrected chi connectivity index (χ3v) is 6.09. The molecule has 0 unspecified atom stereocenters. The molecule has 0 aromatic rings. The van der Waals surface area contributed by atoms with E-state index in [4.69, 9.17) is 4.74 Å². The smallest absolute Gasteiger partial charge is 0.0872 e. The summed E-state index contributed by atoms with van der Waals surface area (Å²) in [4.78, 5) is 5.55. The number of nitrogens with zero attached hydrogens (tertiary/aromatic N) is 2. The molecular formula is C17H36N2OSi. The molecule has 2 aliphatic heterocycles. The quantitative estimate of drug-likeness (QED) is 0.724. The summed E-state index contributed by atoms with van der Waals surface area (Å²) in [6, 6.07) is 2.77. The highest BCUT2D eigenvalue weighted by atomic mass is 28.1. The van der Waals surface area contributed by atoms with Gasteiger partial charge in [-0.3, -0.25) is 9.80 Å². The lowest BCUT2D eigenvalue weighted by Gasteiger charge is -2.53. The Morgan fingerprint density at radius 3 is 1.57 bits per heavy atom. The van der Waals surface area contributed by atoms with E-state index >= 15 is 0 Å². The van der Waals surface area contributed by atoms with Gasteiger partial charge in [0.2, 0.25) is 0 Å². The summed E-state index contributed by atoms with van der Waals surface area (Å²) < 4.78 is 5.97. The molecule has 4 heteroatoms. The van der Waals surface area contributed by atoms with E-state index in [1.165, 1.54) is 38.5 Å². The molecule has 0 amide bonds. The minimum atomic E-state index is 0.481. The zero-order valence-electron chi connectivity index (χ0n) is 14.8. The lowest BCUT2D eigenvalue weighted by Crippen LogP contribution is -2.63. The summed E-state index contributed by atoms with van der Waals surface area (Å²) in [5.41, 5.74) is 0. The summed E-state index contributed by atoms with van der Waals surface area (Å²) in [5.74, 6) is 0. The molecule has 0 aliphatic carbocycles. The van der Waals surface area contributed by atoms with Crippen LogP contribution in [0.5, 0.6) is 0 Å². The highest BCUT2D eigenvalue weighted by molar-refractivity contribution is 6.08. The average molecular weight is 313 g/mol. The van der Waals surface area contributed by atoms with Crippen LogP contribution in [-0.2, 0) is 4.74 Å². The number of likely N-dealkylation sites (tertiary alicyclic amines) is 2. The van der Waals surface area contributed by atoms with Gasteiger partial charge in [-0.15, -0.1) is 0 Å². The van der Waals surface area contributed by atoms with E-state index in [2.05, 4.69) is 37.5 Å². The van der Waals surface area contributed by atoms with Crippen LogP contribution in [0.3, 0.4) is 0 Å². The SMILES string of the molecule is C[C@@H]1CCC[C@H](C)N1C(COC[SiH3])N1[C@H](C)CCC[C@@H]1C. The largest absolute Gasteiger partial charge is 0.383 e. The van der Waals surface area contributed by atoms with Crippen molar-refractivity contribution in [2.75, 3.05) is 12.8 Å². The Bertz CT molecular complexity index is 269. The van der Waals surface area contributed by atoms with Gasteiger partial charge in [0, 0.05) is 40.6 Å². The van der Waals surface area contributed by atoms with Crippen molar-refractivity contribution in [3.05, 3.63) is 0 Å². The van der Waals surface area contributed by atoms with Crippen LogP contribution in [-0.4, -0.2) is 63.2 Å². The lowest BCUT2D eigenvalue weighted by atomic mass is 9.93. The third kappa shape index (κ3) is 4.09. The summed E-state index contributed by atoms with van der Waals surface area (Å²) >= 11 is 0. The maximum atomic E-state index is 5.97. The van der Waals surface area contributed by atoms with Gasteiger partial charge in [-0.2, -0.15) is 0 Å². The Morgan fingerprint density at radius 1 is 0.857 bits per heavy atom. The number of piperidine rings is 2. The molecule has 0 radical (unpaired) electrons. The topological polar surface area (TPSA) is 15.7 Å². The first kappa shape index (κ1) is 17.5. The van der Waals surface area contributed by atoms with Gasteiger partial charge in [0.15, 0.2) is 0 Å². The van der Waals surface area contributed by atoms with Crippen LogP contribution in [0.1, 0.15) is 66.2 Å². The third-order valence-electron chi connectivity index (χ3n) is 5.68. The Labute approximate surface area is 134 Å². The minimum Gasteiger partial charge on any atom is -0.383 e. The van der Waals surface area contributed by atoms with E-state index in [0.717, 1.165) is 23.1 Å². The van der Waals surface area contributed by atoms with Gasteiger partial charge in [-0.25, -0.2) is 0 Å². The van der Waals surface area contributed by atoms with Crippen LogP contribution < -0.4 is 0 Å². The van der Waals surface area contributed by atoms with E-state index in [-0.39, 0.29) is 0 Å². The lowest BCUT2D eigenvalue weighted by molar-refractivity contribution is -0.105. The summed E-state index contributed by atoms with van der Waals surface area (Å²) in [6.07, 6.45) is 9.60.